The number of carbonyl (C=O) groups is 3. The van der Waals surface area contributed by atoms with Gasteiger partial charge in [-0.15, -0.1) is 22.7 Å². The molecular formula is C22H27N5O5S2. The van der Waals surface area contributed by atoms with E-state index in [2.05, 4.69) is 15.3 Å². The van der Waals surface area contributed by atoms with Crippen molar-refractivity contribution in [1.29, 1.82) is 0 Å². The molecular weight excluding hydrogens is 478 g/mol. The second-order valence-corrected chi connectivity index (χ2v) is 10.1. The molecule has 34 heavy (non-hydrogen) atoms. The van der Waals surface area contributed by atoms with Crippen LogP contribution in [0.2, 0.25) is 0 Å². The van der Waals surface area contributed by atoms with Gasteiger partial charge in [0.1, 0.15) is 15.7 Å². The standard InChI is InChI=1S/C22H27N5O5S2/c1-8-32-22(31)14-11(3)16(21(30)27(6)7)34-20(14)25-18(29)15-10(2)13-17(28)23-12(9-26(4)5)24-19(13)33-15/h8-9H2,1-7H3,(H,25,29)(H,23,24,28). The fourth-order valence-electron chi connectivity index (χ4n) is 3.40. The molecule has 3 heterocycles. The molecule has 10 nitrogen and oxygen atoms in total. The number of anilines is 1. The molecule has 0 unspecified atom stereocenters. The van der Waals surface area contributed by atoms with Gasteiger partial charge < -0.3 is 24.8 Å². The van der Waals surface area contributed by atoms with Crippen LogP contribution in [0.15, 0.2) is 4.79 Å². The lowest BCUT2D eigenvalue weighted by Crippen LogP contribution is -2.21. The molecule has 3 aromatic heterocycles. The minimum Gasteiger partial charge on any atom is -0.462 e. The first-order valence-corrected chi connectivity index (χ1v) is 12.1. The number of aryl methyl sites for hydroxylation is 1. The summed E-state index contributed by atoms with van der Waals surface area (Å²) >= 11 is 2.12. The van der Waals surface area contributed by atoms with Gasteiger partial charge in [0.05, 0.1) is 33.9 Å². The summed E-state index contributed by atoms with van der Waals surface area (Å²) in [7, 11) is 6.95. The second-order valence-electron chi connectivity index (χ2n) is 8.12. The number of hydrogen-bond donors (Lipinski definition) is 2. The number of nitrogens with one attached hydrogen (secondary N) is 2. The van der Waals surface area contributed by atoms with Gasteiger partial charge >= 0.3 is 5.97 Å². The van der Waals surface area contributed by atoms with Crippen LogP contribution in [0, 0.1) is 13.8 Å². The molecule has 2 amide bonds. The quantitative estimate of drug-likeness (QED) is 0.473. The zero-order valence-electron chi connectivity index (χ0n) is 20.1. The van der Waals surface area contributed by atoms with Crippen molar-refractivity contribution in [3.05, 3.63) is 42.6 Å². The summed E-state index contributed by atoms with van der Waals surface area (Å²) < 4.78 is 5.16. The number of rotatable bonds is 7. The number of nitrogens with zero attached hydrogens (tertiary/aromatic N) is 3. The Morgan fingerprint density at radius 2 is 1.74 bits per heavy atom. The summed E-state index contributed by atoms with van der Waals surface area (Å²) in [4.78, 5) is 62.8. The first-order valence-electron chi connectivity index (χ1n) is 10.5. The third kappa shape index (κ3) is 4.88. The lowest BCUT2D eigenvalue weighted by molar-refractivity contribution is 0.0527. The summed E-state index contributed by atoms with van der Waals surface area (Å²) in [5.41, 5.74) is 0.774. The van der Waals surface area contributed by atoms with E-state index in [1.165, 1.54) is 4.90 Å². The van der Waals surface area contributed by atoms with E-state index in [1.807, 2.05) is 19.0 Å². The van der Waals surface area contributed by atoms with Crippen molar-refractivity contribution in [2.75, 3.05) is 40.1 Å². The maximum absolute atomic E-state index is 13.2. The highest BCUT2D eigenvalue weighted by molar-refractivity contribution is 7.21. The van der Waals surface area contributed by atoms with Crippen molar-refractivity contribution in [1.82, 2.24) is 19.8 Å². The van der Waals surface area contributed by atoms with E-state index in [9.17, 15) is 19.2 Å². The van der Waals surface area contributed by atoms with E-state index >= 15 is 0 Å². The summed E-state index contributed by atoms with van der Waals surface area (Å²) in [5, 5.41) is 3.34. The van der Waals surface area contributed by atoms with Crippen LogP contribution in [0.3, 0.4) is 0 Å². The number of H-pyrrole nitrogens is 1. The van der Waals surface area contributed by atoms with E-state index in [1.54, 1.807) is 34.9 Å². The zero-order chi connectivity index (χ0) is 25.3. The number of aromatic nitrogens is 2. The molecule has 0 aliphatic carbocycles. The van der Waals surface area contributed by atoms with Gasteiger partial charge in [-0.25, -0.2) is 9.78 Å². The van der Waals surface area contributed by atoms with Crippen molar-refractivity contribution in [3.8, 4) is 0 Å². The lowest BCUT2D eigenvalue weighted by Gasteiger charge is -2.09. The van der Waals surface area contributed by atoms with Crippen molar-refractivity contribution < 1.29 is 19.1 Å². The second kappa shape index (κ2) is 10.0. The molecule has 2 N–H and O–H groups in total. The molecule has 0 fully saturated rings. The first-order chi connectivity index (χ1) is 16.0. The van der Waals surface area contributed by atoms with Gasteiger partial charge in [-0.1, -0.05) is 0 Å². The number of aromatic amines is 1. The molecule has 3 aromatic rings. The molecule has 0 atom stereocenters. The lowest BCUT2D eigenvalue weighted by atomic mass is 10.1. The number of hydrogen-bond acceptors (Lipinski definition) is 9. The minimum atomic E-state index is -0.621. The Bertz CT molecular complexity index is 1340. The number of amides is 2. The highest BCUT2D eigenvalue weighted by Crippen LogP contribution is 2.36. The minimum absolute atomic E-state index is 0.147. The number of thiophene rings is 2. The molecule has 0 aromatic carbocycles. The molecule has 0 aliphatic rings. The van der Waals surface area contributed by atoms with E-state index in [0.717, 1.165) is 22.7 Å². The van der Waals surface area contributed by atoms with Crippen LogP contribution in [-0.2, 0) is 11.3 Å². The van der Waals surface area contributed by atoms with Crippen LogP contribution >= 0.6 is 22.7 Å². The maximum Gasteiger partial charge on any atom is 0.341 e. The van der Waals surface area contributed by atoms with Crippen LogP contribution in [0.4, 0.5) is 5.00 Å². The van der Waals surface area contributed by atoms with E-state index in [0.29, 0.717) is 43.5 Å². The Hall–Kier alpha value is -3.09. The van der Waals surface area contributed by atoms with Crippen LogP contribution in [-0.4, -0.2) is 72.3 Å². The Morgan fingerprint density at radius 3 is 2.32 bits per heavy atom. The van der Waals surface area contributed by atoms with Gasteiger partial charge in [0.15, 0.2) is 0 Å². The number of carbonyl (C=O) groups excluding carboxylic acids is 3. The van der Waals surface area contributed by atoms with Crippen molar-refractivity contribution in [2.45, 2.75) is 27.3 Å². The largest absolute Gasteiger partial charge is 0.462 e. The van der Waals surface area contributed by atoms with Crippen molar-refractivity contribution >= 4 is 55.7 Å². The highest BCUT2D eigenvalue weighted by Gasteiger charge is 2.28. The fraction of sp³-hybridized carbons (Fsp3) is 0.409. The summed E-state index contributed by atoms with van der Waals surface area (Å²) in [6.45, 7) is 5.61. The van der Waals surface area contributed by atoms with Crippen LogP contribution in [0.5, 0.6) is 0 Å². The Balaban J connectivity index is 2.05. The third-order valence-corrected chi connectivity index (χ3v) is 7.36. The third-order valence-electron chi connectivity index (χ3n) is 4.98. The number of esters is 1. The van der Waals surface area contributed by atoms with Gasteiger partial charge in [-0.3, -0.25) is 14.4 Å². The average Bonchev–Trinajstić information content (AvgIpc) is 3.23. The van der Waals surface area contributed by atoms with E-state index in [4.69, 9.17) is 4.74 Å². The smallest absolute Gasteiger partial charge is 0.341 e. The van der Waals surface area contributed by atoms with Crippen LogP contribution in [0.25, 0.3) is 10.2 Å². The number of fused-ring (bicyclic) bond motifs is 1. The molecule has 0 spiro atoms. The molecule has 0 bridgehead atoms. The summed E-state index contributed by atoms with van der Waals surface area (Å²) in [6.07, 6.45) is 0. The molecule has 0 saturated carbocycles. The molecule has 12 heteroatoms. The predicted octanol–water partition coefficient (Wildman–Crippen LogP) is 2.86. The van der Waals surface area contributed by atoms with Gasteiger partial charge in [0, 0.05) is 14.1 Å². The predicted molar refractivity (Wildman–Crippen MR) is 133 cm³/mol. The Morgan fingerprint density at radius 1 is 1.06 bits per heavy atom. The Labute approximate surface area is 204 Å². The Kier molecular flexibility index (Phi) is 7.54. The molecule has 182 valence electrons. The van der Waals surface area contributed by atoms with E-state index < -0.39 is 11.9 Å². The van der Waals surface area contributed by atoms with Crippen molar-refractivity contribution in [2.24, 2.45) is 0 Å². The molecule has 0 aliphatic heterocycles. The monoisotopic (exact) mass is 505 g/mol. The van der Waals surface area contributed by atoms with Gasteiger partial charge in [-0.05, 0) is 46.0 Å². The van der Waals surface area contributed by atoms with Crippen LogP contribution < -0.4 is 10.9 Å². The van der Waals surface area contributed by atoms with Gasteiger partial charge in [0.25, 0.3) is 17.4 Å². The highest BCUT2D eigenvalue weighted by atomic mass is 32.1. The van der Waals surface area contributed by atoms with Gasteiger partial charge in [-0.2, -0.15) is 0 Å². The fourth-order valence-corrected chi connectivity index (χ4v) is 5.70. The topological polar surface area (TPSA) is 125 Å². The molecule has 3 rings (SSSR count). The molecule has 0 radical (unpaired) electrons. The summed E-state index contributed by atoms with van der Waals surface area (Å²) in [6, 6.07) is 0. The van der Waals surface area contributed by atoms with Crippen molar-refractivity contribution in [3.63, 3.8) is 0 Å². The van der Waals surface area contributed by atoms with Gasteiger partial charge in [0.2, 0.25) is 0 Å². The average molecular weight is 506 g/mol. The summed E-state index contributed by atoms with van der Waals surface area (Å²) in [5.74, 6) is -0.898. The maximum atomic E-state index is 13.2. The first kappa shape index (κ1) is 25.5. The number of ether oxygens (including phenoxy) is 1. The molecule has 0 saturated heterocycles. The zero-order valence-corrected chi connectivity index (χ0v) is 21.7. The van der Waals surface area contributed by atoms with E-state index in [-0.39, 0.29) is 28.6 Å². The SMILES string of the molecule is CCOC(=O)c1c(NC(=O)c2sc3nc(CN(C)C)[nH]c(=O)c3c2C)sc(C(=O)N(C)C)c1C. The van der Waals surface area contributed by atoms with Crippen LogP contribution in [0.1, 0.15) is 53.6 Å². The normalized spacial score (nSPS) is 11.2.